The van der Waals surface area contributed by atoms with Gasteiger partial charge in [0.25, 0.3) is 0 Å². The van der Waals surface area contributed by atoms with Crippen LogP contribution in [0.3, 0.4) is 0 Å². The standard InChI is InChI=1S/C11H12ClN3O/c1-15-9(4-6-16)10(12)14-11(15)8-3-2-5-13-7-8/h2-3,5,7,16H,4,6H2,1H3. The van der Waals surface area contributed by atoms with Crippen molar-refractivity contribution in [1.29, 1.82) is 0 Å². The van der Waals surface area contributed by atoms with Crippen molar-refractivity contribution in [2.24, 2.45) is 7.05 Å². The highest BCUT2D eigenvalue weighted by Gasteiger charge is 2.13. The van der Waals surface area contributed by atoms with Gasteiger partial charge in [0.2, 0.25) is 0 Å². The predicted octanol–water partition coefficient (Wildman–Crippen LogP) is 1.67. The van der Waals surface area contributed by atoms with E-state index in [1.165, 1.54) is 0 Å². The van der Waals surface area contributed by atoms with E-state index < -0.39 is 0 Å². The lowest BCUT2D eigenvalue weighted by atomic mass is 10.2. The molecule has 2 aromatic heterocycles. The maximum atomic E-state index is 8.94. The highest BCUT2D eigenvalue weighted by Crippen LogP contribution is 2.23. The van der Waals surface area contributed by atoms with Gasteiger partial charge in [-0.1, -0.05) is 11.6 Å². The molecule has 0 saturated carbocycles. The molecular weight excluding hydrogens is 226 g/mol. The number of rotatable bonds is 3. The number of aliphatic hydroxyl groups excluding tert-OH is 1. The van der Waals surface area contributed by atoms with Gasteiger partial charge >= 0.3 is 0 Å². The zero-order chi connectivity index (χ0) is 11.5. The van der Waals surface area contributed by atoms with Gasteiger partial charge in [-0.25, -0.2) is 4.98 Å². The summed E-state index contributed by atoms with van der Waals surface area (Å²) in [4.78, 5) is 8.32. The van der Waals surface area contributed by atoms with Gasteiger partial charge in [0.15, 0.2) is 5.15 Å². The Morgan fingerprint density at radius 3 is 2.94 bits per heavy atom. The summed E-state index contributed by atoms with van der Waals surface area (Å²) in [5, 5.41) is 9.38. The Labute approximate surface area is 98.5 Å². The smallest absolute Gasteiger partial charge is 0.151 e. The molecule has 0 aromatic carbocycles. The van der Waals surface area contributed by atoms with E-state index in [1.807, 2.05) is 23.7 Å². The van der Waals surface area contributed by atoms with Crippen molar-refractivity contribution < 1.29 is 5.11 Å². The van der Waals surface area contributed by atoms with Gasteiger partial charge in [-0.15, -0.1) is 0 Å². The first-order valence-electron chi connectivity index (χ1n) is 4.96. The average Bonchev–Trinajstić information content (AvgIpc) is 2.59. The van der Waals surface area contributed by atoms with Crippen LogP contribution in [-0.4, -0.2) is 26.2 Å². The summed E-state index contributed by atoms with van der Waals surface area (Å²) in [7, 11) is 1.88. The van der Waals surface area contributed by atoms with Gasteiger partial charge in [-0.05, 0) is 12.1 Å². The molecule has 0 bridgehead atoms. The average molecular weight is 238 g/mol. The quantitative estimate of drug-likeness (QED) is 0.884. The van der Waals surface area contributed by atoms with Crippen LogP contribution < -0.4 is 0 Å². The van der Waals surface area contributed by atoms with E-state index in [4.69, 9.17) is 16.7 Å². The number of hydrogen-bond donors (Lipinski definition) is 1. The topological polar surface area (TPSA) is 50.9 Å². The number of halogens is 1. The summed E-state index contributed by atoms with van der Waals surface area (Å²) in [5.41, 5.74) is 1.75. The molecule has 1 N–H and O–H groups in total. The van der Waals surface area contributed by atoms with Crippen LogP contribution in [0.1, 0.15) is 5.69 Å². The highest BCUT2D eigenvalue weighted by molar-refractivity contribution is 6.30. The van der Waals surface area contributed by atoms with Crippen LogP contribution in [0.5, 0.6) is 0 Å². The molecule has 2 heterocycles. The number of nitrogens with zero attached hydrogens (tertiary/aromatic N) is 3. The van der Waals surface area contributed by atoms with Gasteiger partial charge in [-0.3, -0.25) is 4.98 Å². The zero-order valence-electron chi connectivity index (χ0n) is 8.89. The lowest BCUT2D eigenvalue weighted by Gasteiger charge is -2.04. The molecule has 0 fully saturated rings. The monoisotopic (exact) mass is 237 g/mol. The molecule has 0 aliphatic rings. The van der Waals surface area contributed by atoms with E-state index in [-0.39, 0.29) is 6.61 Å². The van der Waals surface area contributed by atoms with E-state index in [0.29, 0.717) is 11.6 Å². The fourth-order valence-electron chi connectivity index (χ4n) is 1.63. The van der Waals surface area contributed by atoms with Crippen molar-refractivity contribution in [3.05, 3.63) is 35.4 Å². The summed E-state index contributed by atoms with van der Waals surface area (Å²) in [5.74, 6) is 0.765. The summed E-state index contributed by atoms with van der Waals surface area (Å²) >= 11 is 6.02. The normalized spacial score (nSPS) is 10.7. The first-order chi connectivity index (χ1) is 7.74. The van der Waals surface area contributed by atoms with Crippen LogP contribution in [0.15, 0.2) is 24.5 Å². The third-order valence-corrected chi connectivity index (χ3v) is 2.74. The SMILES string of the molecule is Cn1c(-c2cccnc2)nc(Cl)c1CCO. The van der Waals surface area contributed by atoms with Crippen LogP contribution in [0, 0.1) is 0 Å². The second-order valence-corrected chi connectivity index (χ2v) is 3.81. The number of imidazole rings is 1. The Balaban J connectivity index is 2.47. The van der Waals surface area contributed by atoms with Gasteiger partial charge < -0.3 is 9.67 Å². The maximum absolute atomic E-state index is 8.94. The fourth-order valence-corrected chi connectivity index (χ4v) is 1.93. The Hall–Kier alpha value is -1.39. The fraction of sp³-hybridized carbons (Fsp3) is 0.273. The predicted molar refractivity (Wildman–Crippen MR) is 62.2 cm³/mol. The van der Waals surface area contributed by atoms with Crippen molar-refractivity contribution in [3.8, 4) is 11.4 Å². The second-order valence-electron chi connectivity index (χ2n) is 3.45. The number of aromatic nitrogens is 3. The third kappa shape index (κ3) is 1.94. The van der Waals surface area contributed by atoms with Crippen molar-refractivity contribution in [3.63, 3.8) is 0 Å². The van der Waals surface area contributed by atoms with E-state index in [0.717, 1.165) is 17.1 Å². The van der Waals surface area contributed by atoms with Crippen LogP contribution in [0.4, 0.5) is 0 Å². The minimum atomic E-state index is 0.0612. The van der Waals surface area contributed by atoms with E-state index in [1.54, 1.807) is 12.4 Å². The zero-order valence-corrected chi connectivity index (χ0v) is 9.65. The Bertz CT molecular complexity index is 481. The summed E-state index contributed by atoms with van der Waals surface area (Å²) in [6.07, 6.45) is 3.95. The molecular formula is C11H12ClN3O. The van der Waals surface area contributed by atoms with Crippen LogP contribution in [0.2, 0.25) is 5.15 Å². The molecule has 5 heteroatoms. The van der Waals surface area contributed by atoms with Crippen LogP contribution >= 0.6 is 11.6 Å². The van der Waals surface area contributed by atoms with Crippen molar-refractivity contribution in [1.82, 2.24) is 14.5 Å². The molecule has 0 aliphatic carbocycles. The summed E-state index contributed by atoms with van der Waals surface area (Å²) in [6, 6.07) is 3.78. The molecule has 0 spiro atoms. The molecule has 0 aliphatic heterocycles. The van der Waals surface area contributed by atoms with Crippen molar-refractivity contribution in [2.75, 3.05) is 6.61 Å². The number of pyridine rings is 1. The minimum Gasteiger partial charge on any atom is -0.396 e. The molecule has 4 nitrogen and oxygen atoms in total. The molecule has 0 saturated heterocycles. The van der Waals surface area contributed by atoms with E-state index in [2.05, 4.69) is 9.97 Å². The number of aliphatic hydroxyl groups is 1. The lowest BCUT2D eigenvalue weighted by molar-refractivity contribution is 0.297. The van der Waals surface area contributed by atoms with Crippen molar-refractivity contribution in [2.45, 2.75) is 6.42 Å². The molecule has 84 valence electrons. The summed E-state index contributed by atoms with van der Waals surface area (Å²) in [6.45, 7) is 0.0612. The molecule has 16 heavy (non-hydrogen) atoms. The lowest BCUT2D eigenvalue weighted by Crippen LogP contribution is -2.01. The van der Waals surface area contributed by atoms with Gasteiger partial charge in [0.1, 0.15) is 5.82 Å². The Morgan fingerprint density at radius 2 is 2.31 bits per heavy atom. The minimum absolute atomic E-state index is 0.0612. The van der Waals surface area contributed by atoms with Gasteiger partial charge in [0, 0.05) is 38.0 Å². The largest absolute Gasteiger partial charge is 0.396 e. The molecule has 0 radical (unpaired) electrons. The number of hydrogen-bond acceptors (Lipinski definition) is 3. The van der Waals surface area contributed by atoms with Crippen LogP contribution in [-0.2, 0) is 13.5 Å². The molecule has 2 aromatic rings. The van der Waals surface area contributed by atoms with Gasteiger partial charge in [-0.2, -0.15) is 0 Å². The molecule has 0 atom stereocenters. The van der Waals surface area contributed by atoms with Crippen LogP contribution in [0.25, 0.3) is 11.4 Å². The molecule has 0 unspecified atom stereocenters. The highest BCUT2D eigenvalue weighted by atomic mass is 35.5. The first kappa shape index (κ1) is 11.1. The van der Waals surface area contributed by atoms with E-state index >= 15 is 0 Å². The van der Waals surface area contributed by atoms with Gasteiger partial charge in [0.05, 0.1) is 5.69 Å². The molecule has 2 rings (SSSR count). The van der Waals surface area contributed by atoms with E-state index in [9.17, 15) is 0 Å². The Morgan fingerprint density at radius 1 is 1.50 bits per heavy atom. The Kier molecular flexibility index (Phi) is 3.22. The second kappa shape index (κ2) is 4.63. The first-order valence-corrected chi connectivity index (χ1v) is 5.34. The molecule has 0 amide bonds. The van der Waals surface area contributed by atoms with Crippen molar-refractivity contribution >= 4 is 11.6 Å². The third-order valence-electron chi connectivity index (χ3n) is 2.43. The summed E-state index contributed by atoms with van der Waals surface area (Å²) < 4.78 is 1.88. The maximum Gasteiger partial charge on any atom is 0.151 e.